The molecule has 1 saturated carbocycles. The Morgan fingerprint density at radius 3 is 2.88 bits per heavy atom. The predicted molar refractivity (Wildman–Crippen MR) is 55.1 cm³/mol. The van der Waals surface area contributed by atoms with Crippen molar-refractivity contribution in [1.82, 2.24) is 4.98 Å². The highest BCUT2D eigenvalue weighted by molar-refractivity contribution is 5.30. The van der Waals surface area contributed by atoms with E-state index in [4.69, 9.17) is 4.74 Å². The molecule has 1 heterocycles. The number of aromatic nitrogens is 1. The summed E-state index contributed by atoms with van der Waals surface area (Å²) in [4.78, 5) is 13.2. The molecule has 0 bridgehead atoms. The van der Waals surface area contributed by atoms with Gasteiger partial charge in [-0.05, 0) is 19.3 Å². The lowest BCUT2D eigenvalue weighted by Crippen LogP contribution is -2.26. The normalized spacial score (nSPS) is 23.6. The second-order valence-corrected chi connectivity index (χ2v) is 3.89. The molecular weight excluding hydrogens is 231 g/mol. The molecule has 1 aliphatic carbocycles. The topological polar surface area (TPSA) is 85.5 Å². The van der Waals surface area contributed by atoms with Crippen LogP contribution in [0.4, 0.5) is 10.1 Å². The van der Waals surface area contributed by atoms with Gasteiger partial charge < -0.3 is 9.84 Å². The molecule has 0 aliphatic heterocycles. The van der Waals surface area contributed by atoms with Gasteiger partial charge in [0.2, 0.25) is 0 Å². The number of ether oxygens (including phenoxy) is 1. The van der Waals surface area contributed by atoms with E-state index >= 15 is 0 Å². The Hall–Kier alpha value is -1.76. The van der Waals surface area contributed by atoms with Gasteiger partial charge >= 0.3 is 0 Å². The molecule has 17 heavy (non-hydrogen) atoms. The van der Waals surface area contributed by atoms with Crippen molar-refractivity contribution in [2.45, 2.75) is 31.5 Å². The number of nitro groups is 1. The first kappa shape index (κ1) is 11.7. The fourth-order valence-corrected chi connectivity index (χ4v) is 1.79. The van der Waals surface area contributed by atoms with Gasteiger partial charge in [-0.15, -0.1) is 0 Å². The Labute approximate surface area is 96.2 Å². The van der Waals surface area contributed by atoms with Crippen molar-refractivity contribution in [1.29, 1.82) is 0 Å². The summed E-state index contributed by atoms with van der Waals surface area (Å²) >= 11 is 0. The lowest BCUT2D eigenvalue weighted by Gasteiger charge is -2.16. The van der Waals surface area contributed by atoms with E-state index in [0.29, 0.717) is 12.8 Å². The third kappa shape index (κ3) is 2.50. The highest BCUT2D eigenvalue weighted by atomic mass is 19.1. The monoisotopic (exact) mass is 242 g/mol. The number of hydrogen-bond acceptors (Lipinski definition) is 5. The number of aliphatic hydroxyl groups excluding tert-OH is 1. The highest BCUT2D eigenvalue weighted by Crippen LogP contribution is 2.26. The number of halogens is 1. The molecule has 1 aliphatic rings. The fourth-order valence-electron chi connectivity index (χ4n) is 1.79. The summed E-state index contributed by atoms with van der Waals surface area (Å²) in [6.45, 7) is 0. The Balaban J connectivity index is 2.14. The van der Waals surface area contributed by atoms with Gasteiger partial charge in [-0.25, -0.2) is 9.37 Å². The lowest BCUT2D eigenvalue weighted by molar-refractivity contribution is -0.385. The zero-order valence-corrected chi connectivity index (χ0v) is 8.88. The van der Waals surface area contributed by atoms with E-state index in [1.54, 1.807) is 0 Å². The zero-order chi connectivity index (χ0) is 12.4. The second-order valence-electron chi connectivity index (χ2n) is 3.89. The molecule has 2 rings (SSSR count). The van der Waals surface area contributed by atoms with Crippen molar-refractivity contribution in [3.8, 4) is 5.88 Å². The van der Waals surface area contributed by atoms with Crippen molar-refractivity contribution >= 4 is 5.69 Å². The van der Waals surface area contributed by atoms with Crippen LogP contribution in [-0.2, 0) is 0 Å². The SMILES string of the molecule is O=[N+]([O-])c1cnc(OC2CCC[C@@H]2O)c(F)c1. The first-order valence-electron chi connectivity index (χ1n) is 5.22. The van der Waals surface area contributed by atoms with Gasteiger partial charge in [0, 0.05) is 0 Å². The van der Waals surface area contributed by atoms with Gasteiger partial charge in [0.1, 0.15) is 12.3 Å². The Morgan fingerprint density at radius 2 is 2.35 bits per heavy atom. The summed E-state index contributed by atoms with van der Waals surface area (Å²) in [6.07, 6.45) is 1.85. The van der Waals surface area contributed by atoms with Crippen LogP contribution in [0.1, 0.15) is 19.3 Å². The van der Waals surface area contributed by atoms with Crippen molar-refractivity contribution in [2.24, 2.45) is 0 Å². The standard InChI is InChI=1S/C10H11FN2O4/c11-7-4-6(13(15)16)5-12-10(7)17-9-3-1-2-8(9)14/h4-5,8-9,14H,1-3H2/t8-,9?/m0/s1. The average molecular weight is 242 g/mol. The maximum absolute atomic E-state index is 13.4. The van der Waals surface area contributed by atoms with Crippen LogP contribution >= 0.6 is 0 Å². The number of rotatable bonds is 3. The molecule has 0 radical (unpaired) electrons. The van der Waals surface area contributed by atoms with Gasteiger partial charge in [-0.3, -0.25) is 10.1 Å². The molecule has 7 heteroatoms. The second kappa shape index (κ2) is 4.62. The van der Waals surface area contributed by atoms with Crippen LogP contribution in [0.5, 0.6) is 5.88 Å². The first-order chi connectivity index (χ1) is 8.08. The molecule has 0 aromatic carbocycles. The molecular formula is C10H11FN2O4. The maximum atomic E-state index is 13.4. The molecule has 0 amide bonds. The van der Waals surface area contributed by atoms with Crippen LogP contribution in [0.3, 0.4) is 0 Å². The smallest absolute Gasteiger partial charge is 0.290 e. The molecule has 2 atom stereocenters. The summed E-state index contributed by atoms with van der Waals surface area (Å²) in [5.74, 6) is -1.19. The van der Waals surface area contributed by atoms with Gasteiger partial charge in [0.15, 0.2) is 5.82 Å². The molecule has 1 aromatic heterocycles. The van der Waals surface area contributed by atoms with E-state index in [0.717, 1.165) is 18.7 Å². The van der Waals surface area contributed by atoms with E-state index in [-0.39, 0.29) is 5.88 Å². The Morgan fingerprint density at radius 1 is 1.59 bits per heavy atom. The molecule has 6 nitrogen and oxygen atoms in total. The highest BCUT2D eigenvalue weighted by Gasteiger charge is 2.28. The van der Waals surface area contributed by atoms with E-state index in [2.05, 4.69) is 4.98 Å². The summed E-state index contributed by atoms with van der Waals surface area (Å²) in [5, 5.41) is 19.9. The fraction of sp³-hybridized carbons (Fsp3) is 0.500. The quantitative estimate of drug-likeness (QED) is 0.640. The van der Waals surface area contributed by atoms with Crippen molar-refractivity contribution in [3.05, 3.63) is 28.2 Å². The van der Waals surface area contributed by atoms with Crippen LogP contribution < -0.4 is 4.74 Å². The minimum absolute atomic E-state index is 0.304. The molecule has 0 spiro atoms. The number of hydrogen-bond donors (Lipinski definition) is 1. The van der Waals surface area contributed by atoms with E-state index in [1.165, 1.54) is 0 Å². The molecule has 92 valence electrons. The van der Waals surface area contributed by atoms with Gasteiger partial charge in [-0.2, -0.15) is 0 Å². The Kier molecular flexibility index (Phi) is 3.19. The Bertz CT molecular complexity index is 440. The minimum atomic E-state index is -0.890. The maximum Gasteiger partial charge on any atom is 0.290 e. The van der Waals surface area contributed by atoms with Crippen LogP contribution in [0, 0.1) is 15.9 Å². The molecule has 1 aromatic rings. The van der Waals surface area contributed by atoms with Gasteiger partial charge in [0.25, 0.3) is 11.6 Å². The zero-order valence-electron chi connectivity index (χ0n) is 8.88. The van der Waals surface area contributed by atoms with Crippen molar-refractivity contribution in [3.63, 3.8) is 0 Å². The summed E-state index contributed by atoms with van der Waals surface area (Å²) in [7, 11) is 0. The summed E-state index contributed by atoms with van der Waals surface area (Å²) in [6, 6.07) is 0.754. The van der Waals surface area contributed by atoms with Crippen LogP contribution in [-0.4, -0.2) is 27.2 Å². The average Bonchev–Trinajstić information content (AvgIpc) is 2.67. The largest absolute Gasteiger partial charge is 0.470 e. The van der Waals surface area contributed by atoms with Crippen LogP contribution in [0.25, 0.3) is 0 Å². The van der Waals surface area contributed by atoms with E-state index in [1.807, 2.05) is 0 Å². The van der Waals surface area contributed by atoms with Crippen molar-refractivity contribution < 1.29 is 19.2 Å². The van der Waals surface area contributed by atoms with Gasteiger partial charge in [-0.1, -0.05) is 0 Å². The van der Waals surface area contributed by atoms with Gasteiger partial charge in [0.05, 0.1) is 17.1 Å². The number of aliphatic hydroxyl groups is 1. The first-order valence-corrected chi connectivity index (χ1v) is 5.22. The third-order valence-corrected chi connectivity index (χ3v) is 2.68. The molecule has 1 unspecified atom stereocenters. The van der Waals surface area contributed by atoms with E-state index in [9.17, 15) is 19.6 Å². The van der Waals surface area contributed by atoms with Crippen LogP contribution in [0.15, 0.2) is 12.3 Å². The third-order valence-electron chi connectivity index (χ3n) is 2.68. The molecule has 1 fully saturated rings. The lowest BCUT2D eigenvalue weighted by atomic mass is 10.2. The predicted octanol–water partition coefficient (Wildman–Crippen LogP) is 1.42. The summed E-state index contributed by atoms with van der Waals surface area (Å²) < 4.78 is 18.6. The summed E-state index contributed by atoms with van der Waals surface area (Å²) in [5.41, 5.74) is -0.429. The van der Waals surface area contributed by atoms with Crippen molar-refractivity contribution in [2.75, 3.05) is 0 Å². The molecule has 0 saturated heterocycles. The molecule has 1 N–H and O–H groups in total. The minimum Gasteiger partial charge on any atom is -0.470 e. The number of nitrogens with zero attached hydrogens (tertiary/aromatic N) is 2. The van der Waals surface area contributed by atoms with Crippen LogP contribution in [0.2, 0.25) is 0 Å². The van der Waals surface area contributed by atoms with E-state index < -0.39 is 28.6 Å². The number of pyridine rings is 1.